The number of nitrogens with one attached hydrogen (secondary N) is 1. The van der Waals surface area contributed by atoms with Gasteiger partial charge in [0.25, 0.3) is 0 Å². The van der Waals surface area contributed by atoms with Gasteiger partial charge >= 0.3 is 0 Å². The minimum Gasteiger partial charge on any atom is -0.396 e. The molecule has 188 valence electrons. The molecule has 0 aromatic carbocycles. The van der Waals surface area contributed by atoms with Crippen molar-refractivity contribution in [3.05, 3.63) is 0 Å². The number of guanidine groups is 1. The minimum absolute atomic E-state index is 0. The summed E-state index contributed by atoms with van der Waals surface area (Å²) in [5.74, 6) is 2.46. The van der Waals surface area contributed by atoms with E-state index in [1.54, 1.807) is 0 Å². The summed E-state index contributed by atoms with van der Waals surface area (Å²) in [4.78, 5) is 24.5. The molecule has 0 aromatic rings. The molecular formula is C24H48IN5O2. The van der Waals surface area contributed by atoms with Gasteiger partial charge in [-0.2, -0.15) is 0 Å². The molecule has 0 aromatic heterocycles. The van der Waals surface area contributed by atoms with E-state index in [4.69, 9.17) is 4.99 Å². The molecule has 2 rings (SSSR count). The predicted octanol–water partition coefficient (Wildman–Crippen LogP) is 2.88. The van der Waals surface area contributed by atoms with Crippen molar-refractivity contribution in [2.24, 2.45) is 22.2 Å². The summed E-state index contributed by atoms with van der Waals surface area (Å²) in [7, 11) is 0. The van der Waals surface area contributed by atoms with Crippen LogP contribution in [0.4, 0.5) is 0 Å². The Kier molecular flexibility index (Phi) is 13.4. The summed E-state index contributed by atoms with van der Waals surface area (Å²) < 4.78 is 0. The van der Waals surface area contributed by atoms with E-state index in [0.29, 0.717) is 18.4 Å². The Labute approximate surface area is 213 Å². The number of halogens is 1. The Morgan fingerprint density at radius 3 is 2.12 bits per heavy atom. The molecule has 2 aliphatic heterocycles. The van der Waals surface area contributed by atoms with Gasteiger partial charge in [-0.25, -0.2) is 0 Å². The summed E-state index contributed by atoms with van der Waals surface area (Å²) in [6.07, 6.45) is 4.07. The van der Waals surface area contributed by atoms with Crippen LogP contribution in [0, 0.1) is 17.3 Å². The number of aliphatic hydroxyl groups excluding tert-OH is 1. The van der Waals surface area contributed by atoms with E-state index in [1.807, 2.05) is 0 Å². The molecule has 7 nitrogen and oxygen atoms in total. The average Bonchev–Trinajstić information content (AvgIpc) is 2.75. The Morgan fingerprint density at radius 2 is 1.62 bits per heavy atom. The quantitative estimate of drug-likeness (QED) is 0.256. The fourth-order valence-electron chi connectivity index (χ4n) is 5.09. The summed E-state index contributed by atoms with van der Waals surface area (Å²) in [5.41, 5.74) is 0.0758. The van der Waals surface area contributed by atoms with Crippen molar-refractivity contribution < 1.29 is 9.90 Å². The number of hydrogen-bond donors (Lipinski definition) is 2. The van der Waals surface area contributed by atoms with Crippen molar-refractivity contribution in [1.29, 1.82) is 0 Å². The number of likely N-dealkylation sites (tertiary alicyclic amines) is 1. The van der Waals surface area contributed by atoms with Crippen LogP contribution < -0.4 is 5.32 Å². The smallest absolute Gasteiger partial charge is 0.236 e. The van der Waals surface area contributed by atoms with Gasteiger partial charge in [-0.05, 0) is 49.9 Å². The van der Waals surface area contributed by atoms with Crippen LogP contribution in [-0.2, 0) is 4.79 Å². The van der Waals surface area contributed by atoms with Gasteiger partial charge < -0.3 is 20.2 Å². The molecule has 0 spiro atoms. The summed E-state index contributed by atoms with van der Waals surface area (Å²) in [6.45, 7) is 18.7. The molecule has 0 radical (unpaired) electrons. The van der Waals surface area contributed by atoms with E-state index in [9.17, 15) is 9.90 Å². The second-order valence-electron chi connectivity index (χ2n) is 9.86. The molecule has 0 saturated carbocycles. The van der Waals surface area contributed by atoms with Crippen molar-refractivity contribution in [3.63, 3.8) is 0 Å². The first-order valence-corrected chi connectivity index (χ1v) is 12.5. The van der Waals surface area contributed by atoms with Crippen molar-refractivity contribution >= 4 is 35.8 Å². The maximum atomic E-state index is 12.8. The third-order valence-electron chi connectivity index (χ3n) is 7.29. The van der Waals surface area contributed by atoms with Crippen LogP contribution in [-0.4, -0.2) is 97.2 Å². The lowest BCUT2D eigenvalue weighted by Crippen LogP contribution is -2.55. The number of piperazine rings is 1. The van der Waals surface area contributed by atoms with E-state index in [0.717, 1.165) is 77.6 Å². The Bertz CT molecular complexity index is 567. The lowest BCUT2D eigenvalue weighted by Gasteiger charge is -2.39. The molecule has 0 aliphatic carbocycles. The summed E-state index contributed by atoms with van der Waals surface area (Å²) >= 11 is 0. The van der Waals surface area contributed by atoms with Crippen molar-refractivity contribution in [3.8, 4) is 0 Å². The lowest BCUT2D eigenvalue weighted by molar-refractivity contribution is -0.135. The fraction of sp³-hybridized carbons (Fsp3) is 0.917. The second kappa shape index (κ2) is 14.6. The molecular weight excluding hydrogens is 517 g/mol. The summed E-state index contributed by atoms with van der Waals surface area (Å²) in [5, 5.41) is 12.9. The van der Waals surface area contributed by atoms with Gasteiger partial charge in [0.15, 0.2) is 5.96 Å². The minimum atomic E-state index is 0. The second-order valence-corrected chi connectivity index (χ2v) is 9.86. The highest BCUT2D eigenvalue weighted by Crippen LogP contribution is 2.30. The number of nitrogens with zero attached hydrogens (tertiary/aromatic N) is 4. The predicted molar refractivity (Wildman–Crippen MR) is 144 cm³/mol. The van der Waals surface area contributed by atoms with Gasteiger partial charge in [0.2, 0.25) is 5.91 Å². The largest absolute Gasteiger partial charge is 0.396 e. The van der Waals surface area contributed by atoms with Crippen molar-refractivity contribution in [2.75, 3.05) is 65.5 Å². The number of carbonyl (C=O) groups excluding carboxylic acids is 1. The zero-order valence-corrected chi connectivity index (χ0v) is 23.4. The van der Waals surface area contributed by atoms with Gasteiger partial charge in [0.05, 0.1) is 6.54 Å². The average molecular weight is 566 g/mol. The normalized spacial score (nSPS) is 23.1. The van der Waals surface area contributed by atoms with E-state index < -0.39 is 0 Å². The lowest BCUT2D eigenvalue weighted by atomic mass is 9.79. The third-order valence-corrected chi connectivity index (χ3v) is 7.29. The highest BCUT2D eigenvalue weighted by Gasteiger charge is 2.29. The number of amides is 1. The first-order valence-electron chi connectivity index (χ1n) is 12.5. The van der Waals surface area contributed by atoms with Gasteiger partial charge in [-0.3, -0.25) is 14.7 Å². The van der Waals surface area contributed by atoms with Crippen molar-refractivity contribution in [1.82, 2.24) is 20.0 Å². The zero-order chi connectivity index (χ0) is 22.9. The van der Waals surface area contributed by atoms with Crippen LogP contribution in [0.25, 0.3) is 0 Å². The number of carbonyl (C=O) groups is 1. The maximum absolute atomic E-state index is 12.8. The molecule has 0 bridgehead atoms. The van der Waals surface area contributed by atoms with Crippen LogP contribution in [0.15, 0.2) is 4.99 Å². The zero-order valence-electron chi connectivity index (χ0n) is 21.1. The number of hydrogen-bond acceptors (Lipinski definition) is 4. The van der Waals surface area contributed by atoms with E-state index in [1.165, 1.54) is 6.42 Å². The highest BCUT2D eigenvalue weighted by molar-refractivity contribution is 14.0. The molecule has 2 unspecified atom stereocenters. The van der Waals surface area contributed by atoms with E-state index in [2.05, 4.69) is 54.6 Å². The Hall–Kier alpha value is -0.610. The standard InChI is InChI=1S/C24H47N5O2.HI/c1-6-24(7-2,9-14-30)19-26-23(25-8-3)28-12-10-27(11-13-28)18-22(31)29-16-20(4)15-21(5)17-29;/h20-21,30H,6-19H2,1-5H3,(H,25,26);1H. The molecule has 2 atom stereocenters. The van der Waals surface area contributed by atoms with Gasteiger partial charge in [0, 0.05) is 59.0 Å². The molecule has 8 heteroatoms. The topological polar surface area (TPSA) is 71.4 Å². The fourth-order valence-corrected chi connectivity index (χ4v) is 5.09. The monoisotopic (exact) mass is 565 g/mol. The third kappa shape index (κ3) is 8.63. The van der Waals surface area contributed by atoms with Crippen LogP contribution in [0.1, 0.15) is 60.3 Å². The molecule has 32 heavy (non-hydrogen) atoms. The summed E-state index contributed by atoms with van der Waals surface area (Å²) in [6, 6.07) is 0. The van der Waals surface area contributed by atoms with Crippen LogP contribution in [0.5, 0.6) is 0 Å². The highest BCUT2D eigenvalue weighted by atomic mass is 127. The van der Waals surface area contributed by atoms with Crippen LogP contribution >= 0.6 is 24.0 Å². The van der Waals surface area contributed by atoms with Crippen LogP contribution in [0.2, 0.25) is 0 Å². The first-order chi connectivity index (χ1) is 14.9. The molecule has 2 fully saturated rings. The number of aliphatic hydroxyl groups is 1. The van der Waals surface area contributed by atoms with Gasteiger partial charge in [-0.1, -0.05) is 27.7 Å². The molecule has 2 saturated heterocycles. The van der Waals surface area contributed by atoms with Gasteiger partial charge in [-0.15, -0.1) is 24.0 Å². The number of piperidine rings is 1. The Morgan fingerprint density at radius 1 is 1.03 bits per heavy atom. The van der Waals surface area contributed by atoms with E-state index in [-0.39, 0.29) is 41.9 Å². The van der Waals surface area contributed by atoms with Crippen molar-refractivity contribution in [2.45, 2.75) is 60.3 Å². The number of aliphatic imine (C=N–C) groups is 1. The molecule has 2 aliphatic rings. The SMILES string of the molecule is CCNC(=NCC(CC)(CC)CCO)N1CCN(CC(=O)N2CC(C)CC(C)C2)CC1.I. The van der Waals surface area contributed by atoms with Crippen LogP contribution in [0.3, 0.4) is 0 Å². The van der Waals surface area contributed by atoms with E-state index >= 15 is 0 Å². The molecule has 2 N–H and O–H groups in total. The molecule has 1 amide bonds. The molecule has 2 heterocycles. The Balaban J connectivity index is 0.00000512. The number of rotatable bonds is 9. The maximum Gasteiger partial charge on any atom is 0.236 e. The first kappa shape index (κ1) is 29.4. The van der Waals surface area contributed by atoms with Gasteiger partial charge in [0.1, 0.15) is 0 Å².